The van der Waals surface area contributed by atoms with Crippen molar-refractivity contribution in [1.29, 1.82) is 0 Å². The Morgan fingerprint density at radius 3 is 2.35 bits per heavy atom. The SMILES string of the molecule is C=CCn1c(COc2ccc(C)cc2OCC)nnc1SCC(=O)N(C1CCCCC1)C1CCCCC1. The van der Waals surface area contributed by atoms with Gasteiger partial charge in [0.25, 0.3) is 0 Å². The van der Waals surface area contributed by atoms with E-state index in [2.05, 4.69) is 21.7 Å². The number of ether oxygens (including phenoxy) is 2. The van der Waals surface area contributed by atoms with Crippen LogP contribution in [0.2, 0.25) is 0 Å². The molecule has 1 aromatic carbocycles. The first-order chi connectivity index (χ1) is 18.1. The highest BCUT2D eigenvalue weighted by Gasteiger charge is 2.32. The maximum Gasteiger partial charge on any atom is 0.233 e. The normalized spacial score (nSPS) is 16.9. The largest absolute Gasteiger partial charge is 0.490 e. The zero-order chi connectivity index (χ0) is 26.0. The lowest BCUT2D eigenvalue weighted by molar-refractivity contribution is -0.135. The number of benzene rings is 1. The van der Waals surface area contributed by atoms with Crippen LogP contribution < -0.4 is 9.47 Å². The molecule has 8 heteroatoms. The summed E-state index contributed by atoms with van der Waals surface area (Å²) in [4.78, 5) is 15.9. The third-order valence-electron chi connectivity index (χ3n) is 7.41. The summed E-state index contributed by atoms with van der Waals surface area (Å²) in [5.74, 6) is 2.74. The van der Waals surface area contributed by atoms with Gasteiger partial charge in [0.05, 0.1) is 12.4 Å². The molecule has 2 aromatic rings. The molecule has 2 aliphatic rings. The Hall–Kier alpha value is -2.48. The van der Waals surface area contributed by atoms with Gasteiger partial charge in [-0.2, -0.15) is 0 Å². The summed E-state index contributed by atoms with van der Waals surface area (Å²) < 4.78 is 13.8. The monoisotopic (exact) mass is 526 g/mol. The second kappa shape index (κ2) is 13.9. The van der Waals surface area contributed by atoms with Gasteiger partial charge in [0, 0.05) is 18.6 Å². The van der Waals surface area contributed by atoms with E-state index in [0.717, 1.165) is 42.2 Å². The molecule has 0 saturated heterocycles. The Bertz CT molecular complexity index is 1010. The molecule has 7 nitrogen and oxygen atoms in total. The highest BCUT2D eigenvalue weighted by molar-refractivity contribution is 7.99. The van der Waals surface area contributed by atoms with Crippen LogP contribution in [-0.2, 0) is 17.9 Å². The van der Waals surface area contributed by atoms with Crippen LogP contribution in [0, 0.1) is 6.92 Å². The average molecular weight is 527 g/mol. The van der Waals surface area contributed by atoms with E-state index in [9.17, 15) is 4.79 Å². The summed E-state index contributed by atoms with van der Waals surface area (Å²) >= 11 is 1.48. The van der Waals surface area contributed by atoms with Crippen molar-refractivity contribution >= 4 is 17.7 Å². The molecule has 0 atom stereocenters. The Morgan fingerprint density at radius 2 is 1.73 bits per heavy atom. The third-order valence-corrected chi connectivity index (χ3v) is 8.36. The Balaban J connectivity index is 1.43. The van der Waals surface area contributed by atoms with Crippen molar-refractivity contribution in [3.05, 3.63) is 42.2 Å². The number of aryl methyl sites for hydroxylation is 1. The zero-order valence-corrected chi connectivity index (χ0v) is 23.3. The number of allylic oxidation sites excluding steroid dienone is 1. The van der Waals surface area contributed by atoms with Crippen LogP contribution >= 0.6 is 11.8 Å². The minimum absolute atomic E-state index is 0.246. The van der Waals surface area contributed by atoms with Crippen LogP contribution in [0.4, 0.5) is 0 Å². The topological polar surface area (TPSA) is 69.5 Å². The van der Waals surface area contributed by atoms with Gasteiger partial charge in [-0.3, -0.25) is 9.36 Å². The number of rotatable bonds is 12. The molecular formula is C29H42N4O3S. The van der Waals surface area contributed by atoms with Crippen molar-refractivity contribution in [2.75, 3.05) is 12.4 Å². The zero-order valence-electron chi connectivity index (χ0n) is 22.5. The molecule has 2 fully saturated rings. The second-order valence-corrected chi connectivity index (χ2v) is 11.1. The fraction of sp³-hybridized carbons (Fsp3) is 0.621. The number of thioether (sulfide) groups is 1. The number of nitrogens with zero attached hydrogens (tertiary/aromatic N) is 4. The van der Waals surface area contributed by atoms with Gasteiger partial charge < -0.3 is 14.4 Å². The number of carbonyl (C=O) groups excluding carboxylic acids is 1. The molecule has 1 amide bonds. The van der Waals surface area contributed by atoms with E-state index in [1.54, 1.807) is 0 Å². The summed E-state index contributed by atoms with van der Waals surface area (Å²) in [6.45, 7) is 9.28. The number of carbonyl (C=O) groups is 1. The fourth-order valence-electron chi connectivity index (χ4n) is 5.61. The lowest BCUT2D eigenvalue weighted by Crippen LogP contribution is -2.49. The number of amides is 1. The molecule has 0 radical (unpaired) electrons. The molecule has 0 unspecified atom stereocenters. The van der Waals surface area contributed by atoms with Gasteiger partial charge in [-0.05, 0) is 57.2 Å². The van der Waals surface area contributed by atoms with Gasteiger partial charge >= 0.3 is 0 Å². The minimum atomic E-state index is 0.246. The first-order valence-corrected chi connectivity index (χ1v) is 14.9. The highest BCUT2D eigenvalue weighted by Crippen LogP contribution is 2.32. The number of aromatic nitrogens is 3. The van der Waals surface area contributed by atoms with Crippen molar-refractivity contribution in [2.24, 2.45) is 0 Å². The predicted octanol–water partition coefficient (Wildman–Crippen LogP) is 6.34. The second-order valence-electron chi connectivity index (χ2n) is 10.1. The van der Waals surface area contributed by atoms with Gasteiger partial charge in [0.15, 0.2) is 22.5 Å². The molecule has 0 N–H and O–H groups in total. The minimum Gasteiger partial charge on any atom is -0.490 e. The quantitative estimate of drug-likeness (QED) is 0.238. The van der Waals surface area contributed by atoms with Gasteiger partial charge in [-0.1, -0.05) is 62.4 Å². The first-order valence-electron chi connectivity index (χ1n) is 13.9. The summed E-state index contributed by atoms with van der Waals surface area (Å²) in [6.07, 6.45) is 13.9. The number of hydrogen-bond donors (Lipinski definition) is 0. The molecule has 202 valence electrons. The van der Waals surface area contributed by atoms with Crippen LogP contribution in [0.1, 0.15) is 82.5 Å². The van der Waals surface area contributed by atoms with Crippen molar-refractivity contribution in [3.63, 3.8) is 0 Å². The van der Waals surface area contributed by atoms with Crippen LogP contribution in [-0.4, -0.2) is 50.0 Å². The lowest BCUT2D eigenvalue weighted by atomic mass is 9.88. The Labute approximate surface area is 226 Å². The van der Waals surface area contributed by atoms with E-state index in [0.29, 0.717) is 42.6 Å². The highest BCUT2D eigenvalue weighted by atomic mass is 32.2. The standard InChI is InChI=1S/C29H42N4O3S/c1-4-18-32-27(20-36-25-17-16-22(3)19-26(25)35-5-2)30-31-29(32)37-21-28(34)33(23-12-8-6-9-13-23)24-14-10-7-11-15-24/h4,16-17,19,23-24H,1,5-15,18,20-21H2,2-3H3. The number of hydrogen-bond acceptors (Lipinski definition) is 6. The van der Waals surface area contributed by atoms with E-state index in [1.807, 2.05) is 42.7 Å². The van der Waals surface area contributed by atoms with Crippen molar-refractivity contribution in [2.45, 2.75) is 108 Å². The maximum absolute atomic E-state index is 13.6. The van der Waals surface area contributed by atoms with Gasteiger partial charge in [0.1, 0.15) is 6.61 Å². The van der Waals surface area contributed by atoms with Crippen molar-refractivity contribution in [3.8, 4) is 11.5 Å². The molecule has 4 rings (SSSR count). The summed E-state index contributed by atoms with van der Waals surface area (Å²) in [7, 11) is 0. The van der Waals surface area contributed by atoms with Gasteiger partial charge in [-0.25, -0.2) is 0 Å². The van der Waals surface area contributed by atoms with Crippen LogP contribution in [0.5, 0.6) is 11.5 Å². The average Bonchev–Trinajstić information content (AvgIpc) is 3.30. The van der Waals surface area contributed by atoms with E-state index in [4.69, 9.17) is 9.47 Å². The molecule has 1 aromatic heterocycles. The van der Waals surface area contributed by atoms with E-state index >= 15 is 0 Å². The van der Waals surface area contributed by atoms with E-state index in [-0.39, 0.29) is 12.5 Å². The smallest absolute Gasteiger partial charge is 0.233 e. The fourth-order valence-corrected chi connectivity index (χ4v) is 6.45. The molecule has 2 saturated carbocycles. The predicted molar refractivity (Wildman–Crippen MR) is 148 cm³/mol. The van der Waals surface area contributed by atoms with Gasteiger partial charge in [0.2, 0.25) is 5.91 Å². The Morgan fingerprint density at radius 1 is 1.05 bits per heavy atom. The maximum atomic E-state index is 13.6. The summed E-state index contributed by atoms with van der Waals surface area (Å²) in [5.41, 5.74) is 1.12. The molecule has 1 heterocycles. The van der Waals surface area contributed by atoms with Gasteiger partial charge in [-0.15, -0.1) is 16.8 Å². The molecule has 2 aliphatic carbocycles. The van der Waals surface area contributed by atoms with Crippen molar-refractivity contribution < 1.29 is 14.3 Å². The third kappa shape index (κ3) is 7.30. The molecule has 0 aliphatic heterocycles. The van der Waals surface area contributed by atoms with Crippen LogP contribution in [0.25, 0.3) is 0 Å². The van der Waals surface area contributed by atoms with Crippen molar-refractivity contribution in [1.82, 2.24) is 19.7 Å². The molecule has 0 bridgehead atoms. The van der Waals surface area contributed by atoms with Crippen LogP contribution in [0.15, 0.2) is 36.0 Å². The first kappa shape index (κ1) is 27.6. The Kier molecular flexibility index (Phi) is 10.3. The summed E-state index contributed by atoms with van der Waals surface area (Å²) in [6, 6.07) is 6.70. The van der Waals surface area contributed by atoms with Crippen LogP contribution in [0.3, 0.4) is 0 Å². The molecule has 37 heavy (non-hydrogen) atoms. The molecule has 0 spiro atoms. The van der Waals surface area contributed by atoms with E-state index in [1.165, 1.54) is 50.3 Å². The lowest BCUT2D eigenvalue weighted by Gasteiger charge is -2.41. The van der Waals surface area contributed by atoms with E-state index < -0.39 is 0 Å². The summed E-state index contributed by atoms with van der Waals surface area (Å²) in [5, 5.41) is 9.55. The molecular weight excluding hydrogens is 484 g/mol.